The molecule has 1 amide bonds. The summed E-state index contributed by atoms with van der Waals surface area (Å²) in [4.78, 5) is 15.8. The molecule has 2 rings (SSSR count). The first kappa shape index (κ1) is 12.9. The molecule has 0 atom stereocenters. The number of nitrogens with zero attached hydrogens (tertiary/aromatic N) is 1. The predicted molar refractivity (Wildman–Crippen MR) is 75.8 cm³/mol. The van der Waals surface area contributed by atoms with Crippen molar-refractivity contribution < 1.29 is 4.79 Å². The monoisotopic (exact) mass is 325 g/mol. The molecule has 0 spiro atoms. The topological polar surface area (TPSA) is 68.0 Å². The second-order valence-electron chi connectivity index (χ2n) is 3.54. The standard InChI is InChI=1S/C12H9BrClN3O/c13-9-5-7(14)1-2-11(9)17-12(18)8-3-4-16-6-10(8)15/h1-6H,15H2,(H,17,18). The van der Waals surface area contributed by atoms with Gasteiger partial charge in [-0.15, -0.1) is 0 Å². The zero-order chi connectivity index (χ0) is 13.1. The summed E-state index contributed by atoms with van der Waals surface area (Å²) >= 11 is 9.15. The van der Waals surface area contributed by atoms with Gasteiger partial charge in [0.2, 0.25) is 0 Å². The van der Waals surface area contributed by atoms with Gasteiger partial charge >= 0.3 is 0 Å². The molecule has 1 heterocycles. The maximum atomic E-state index is 12.0. The molecule has 3 N–H and O–H groups in total. The Morgan fingerprint density at radius 2 is 2.17 bits per heavy atom. The molecule has 0 aliphatic rings. The quantitative estimate of drug-likeness (QED) is 0.889. The molecule has 0 saturated carbocycles. The first-order chi connectivity index (χ1) is 8.58. The lowest BCUT2D eigenvalue weighted by Crippen LogP contribution is -2.14. The number of aromatic nitrogens is 1. The molecule has 92 valence electrons. The van der Waals surface area contributed by atoms with Crippen LogP contribution >= 0.6 is 27.5 Å². The summed E-state index contributed by atoms with van der Waals surface area (Å²) in [6, 6.07) is 6.67. The van der Waals surface area contributed by atoms with Gasteiger partial charge in [-0.1, -0.05) is 11.6 Å². The number of nitrogens with two attached hydrogens (primary N) is 1. The lowest BCUT2D eigenvalue weighted by molar-refractivity contribution is 0.102. The van der Waals surface area contributed by atoms with E-state index in [4.69, 9.17) is 17.3 Å². The van der Waals surface area contributed by atoms with Crippen LogP contribution in [0.5, 0.6) is 0 Å². The maximum Gasteiger partial charge on any atom is 0.257 e. The van der Waals surface area contributed by atoms with Crippen molar-refractivity contribution in [1.82, 2.24) is 4.98 Å². The van der Waals surface area contributed by atoms with Crippen LogP contribution in [-0.2, 0) is 0 Å². The van der Waals surface area contributed by atoms with E-state index in [-0.39, 0.29) is 5.91 Å². The molecule has 0 aliphatic heterocycles. The third-order valence-corrected chi connectivity index (χ3v) is 3.17. The smallest absolute Gasteiger partial charge is 0.257 e. The molecule has 0 saturated heterocycles. The third-order valence-electron chi connectivity index (χ3n) is 2.28. The molecule has 0 fully saturated rings. The zero-order valence-corrected chi connectivity index (χ0v) is 11.5. The van der Waals surface area contributed by atoms with Gasteiger partial charge in [-0.25, -0.2) is 0 Å². The van der Waals surface area contributed by atoms with Gasteiger partial charge in [-0.2, -0.15) is 0 Å². The van der Waals surface area contributed by atoms with Gasteiger partial charge in [0.1, 0.15) is 0 Å². The summed E-state index contributed by atoms with van der Waals surface area (Å²) in [5.41, 5.74) is 7.02. The molecule has 4 nitrogen and oxygen atoms in total. The Balaban J connectivity index is 2.24. The summed E-state index contributed by atoms with van der Waals surface area (Å²) in [6.07, 6.45) is 2.95. The second-order valence-corrected chi connectivity index (χ2v) is 4.83. The number of carbonyl (C=O) groups is 1. The number of hydrogen-bond donors (Lipinski definition) is 2. The number of nitrogen functional groups attached to an aromatic ring is 1. The normalized spacial score (nSPS) is 10.1. The van der Waals surface area contributed by atoms with Crippen LogP contribution in [0.25, 0.3) is 0 Å². The van der Waals surface area contributed by atoms with Crippen LogP contribution in [0.2, 0.25) is 5.02 Å². The SMILES string of the molecule is Nc1cnccc1C(=O)Nc1ccc(Cl)cc1Br. The first-order valence-electron chi connectivity index (χ1n) is 5.04. The average Bonchev–Trinajstić information content (AvgIpc) is 2.33. The van der Waals surface area contributed by atoms with Gasteiger partial charge < -0.3 is 11.1 Å². The number of pyridine rings is 1. The molecule has 0 unspecified atom stereocenters. The molecular weight excluding hydrogens is 318 g/mol. The Morgan fingerprint density at radius 3 is 2.83 bits per heavy atom. The predicted octanol–water partition coefficient (Wildman–Crippen LogP) is 3.33. The largest absolute Gasteiger partial charge is 0.397 e. The minimum atomic E-state index is -0.294. The molecular formula is C12H9BrClN3O. The Bertz CT molecular complexity index is 604. The van der Waals surface area contributed by atoms with E-state index >= 15 is 0 Å². The fourth-order valence-electron chi connectivity index (χ4n) is 1.39. The van der Waals surface area contributed by atoms with E-state index < -0.39 is 0 Å². The number of rotatable bonds is 2. The zero-order valence-electron chi connectivity index (χ0n) is 9.15. The van der Waals surface area contributed by atoms with E-state index in [0.29, 0.717) is 26.4 Å². The van der Waals surface area contributed by atoms with E-state index in [1.54, 1.807) is 24.3 Å². The summed E-state index contributed by atoms with van der Waals surface area (Å²) in [5, 5.41) is 3.33. The fraction of sp³-hybridized carbons (Fsp3) is 0. The van der Waals surface area contributed by atoms with E-state index in [0.717, 1.165) is 0 Å². The van der Waals surface area contributed by atoms with Crippen molar-refractivity contribution in [3.8, 4) is 0 Å². The number of halogens is 2. The van der Waals surface area contributed by atoms with E-state index in [1.165, 1.54) is 12.4 Å². The van der Waals surface area contributed by atoms with E-state index in [9.17, 15) is 4.79 Å². The van der Waals surface area contributed by atoms with Crippen LogP contribution in [0.1, 0.15) is 10.4 Å². The molecule has 6 heteroatoms. The van der Waals surface area contributed by atoms with E-state index in [1.807, 2.05) is 0 Å². The van der Waals surface area contributed by atoms with Crippen LogP contribution in [0.15, 0.2) is 41.1 Å². The minimum absolute atomic E-state index is 0.294. The molecule has 0 bridgehead atoms. The van der Waals surface area contributed by atoms with Crippen molar-refractivity contribution in [1.29, 1.82) is 0 Å². The number of amides is 1. The summed E-state index contributed by atoms with van der Waals surface area (Å²) in [5.74, 6) is -0.294. The van der Waals surface area contributed by atoms with Gasteiger partial charge in [-0.3, -0.25) is 9.78 Å². The Hall–Kier alpha value is -1.59. The Kier molecular flexibility index (Phi) is 3.84. The average molecular weight is 327 g/mol. The Labute approximate surface area is 117 Å². The van der Waals surface area contributed by atoms with Gasteiger partial charge in [-0.05, 0) is 40.2 Å². The fourth-order valence-corrected chi connectivity index (χ4v) is 2.18. The van der Waals surface area contributed by atoms with Crippen molar-refractivity contribution in [3.63, 3.8) is 0 Å². The number of anilines is 2. The maximum absolute atomic E-state index is 12.0. The van der Waals surface area contributed by atoms with Crippen molar-refractivity contribution in [3.05, 3.63) is 51.7 Å². The van der Waals surface area contributed by atoms with Crippen LogP contribution in [0, 0.1) is 0 Å². The van der Waals surface area contributed by atoms with E-state index in [2.05, 4.69) is 26.2 Å². The van der Waals surface area contributed by atoms with Crippen molar-refractivity contribution in [2.24, 2.45) is 0 Å². The van der Waals surface area contributed by atoms with Gasteiger partial charge in [0, 0.05) is 15.7 Å². The molecule has 1 aromatic heterocycles. The highest BCUT2D eigenvalue weighted by molar-refractivity contribution is 9.10. The van der Waals surface area contributed by atoms with Crippen LogP contribution in [-0.4, -0.2) is 10.9 Å². The molecule has 1 aromatic carbocycles. The van der Waals surface area contributed by atoms with Gasteiger partial charge in [0.15, 0.2) is 0 Å². The summed E-state index contributed by atoms with van der Waals surface area (Å²) < 4.78 is 0.705. The lowest BCUT2D eigenvalue weighted by atomic mass is 10.2. The first-order valence-corrected chi connectivity index (χ1v) is 6.21. The van der Waals surface area contributed by atoms with Crippen LogP contribution < -0.4 is 11.1 Å². The highest BCUT2D eigenvalue weighted by Gasteiger charge is 2.11. The van der Waals surface area contributed by atoms with Crippen LogP contribution in [0.4, 0.5) is 11.4 Å². The summed E-state index contributed by atoms with van der Waals surface area (Å²) in [7, 11) is 0. The number of nitrogens with one attached hydrogen (secondary N) is 1. The highest BCUT2D eigenvalue weighted by atomic mass is 79.9. The van der Waals surface area contributed by atoms with Gasteiger partial charge in [0.05, 0.1) is 23.1 Å². The van der Waals surface area contributed by atoms with Gasteiger partial charge in [0.25, 0.3) is 5.91 Å². The third kappa shape index (κ3) is 2.80. The molecule has 2 aromatic rings. The highest BCUT2D eigenvalue weighted by Crippen LogP contribution is 2.26. The van der Waals surface area contributed by atoms with Crippen molar-refractivity contribution in [2.75, 3.05) is 11.1 Å². The van der Waals surface area contributed by atoms with Crippen LogP contribution in [0.3, 0.4) is 0 Å². The van der Waals surface area contributed by atoms with Crippen molar-refractivity contribution >= 4 is 44.8 Å². The summed E-state index contributed by atoms with van der Waals surface area (Å²) in [6.45, 7) is 0. The molecule has 0 radical (unpaired) electrons. The Morgan fingerprint density at radius 1 is 1.39 bits per heavy atom. The number of carbonyl (C=O) groups excluding carboxylic acids is 1. The number of benzene rings is 1. The number of hydrogen-bond acceptors (Lipinski definition) is 3. The lowest BCUT2D eigenvalue weighted by Gasteiger charge is -2.08. The van der Waals surface area contributed by atoms with Crippen molar-refractivity contribution in [2.45, 2.75) is 0 Å². The second kappa shape index (κ2) is 5.37. The molecule has 0 aliphatic carbocycles. The molecule has 18 heavy (non-hydrogen) atoms. The minimum Gasteiger partial charge on any atom is -0.397 e.